The lowest BCUT2D eigenvalue weighted by Crippen LogP contribution is -2.13. The van der Waals surface area contributed by atoms with Crippen molar-refractivity contribution in [3.63, 3.8) is 0 Å². The monoisotopic (exact) mass is 444 g/mol. The lowest BCUT2D eigenvalue weighted by atomic mass is 10.1. The number of nitrogens with zero attached hydrogens (tertiary/aromatic N) is 6. The molecule has 0 amide bonds. The van der Waals surface area contributed by atoms with Gasteiger partial charge in [-0.2, -0.15) is 17.9 Å². The van der Waals surface area contributed by atoms with Crippen molar-refractivity contribution in [1.82, 2.24) is 30.4 Å². The van der Waals surface area contributed by atoms with Crippen molar-refractivity contribution in [2.45, 2.75) is 17.2 Å². The first-order valence-electron chi connectivity index (χ1n) is 7.56. The number of hydrogen-bond donors (Lipinski definition) is 0. The maximum Gasteiger partial charge on any atom is 0.418 e. The zero-order chi connectivity index (χ0) is 19.7. The molecule has 0 N–H and O–H groups in total. The molecule has 3 aromatic heterocycles. The van der Waals surface area contributed by atoms with Gasteiger partial charge in [0.15, 0.2) is 5.82 Å². The van der Waals surface area contributed by atoms with E-state index in [1.807, 2.05) is 17.5 Å². The van der Waals surface area contributed by atoms with Gasteiger partial charge in [0.2, 0.25) is 0 Å². The van der Waals surface area contributed by atoms with E-state index in [-0.39, 0.29) is 27.5 Å². The molecule has 144 valence electrons. The number of halogens is 4. The SMILES string of the molecule is FC(F)(F)c1cc(Cl)ccc1-n1nnnc1CSc1nnc(-c2cccs2)o1. The van der Waals surface area contributed by atoms with E-state index in [0.29, 0.717) is 5.89 Å². The van der Waals surface area contributed by atoms with Gasteiger partial charge in [-0.15, -0.1) is 26.6 Å². The topological polar surface area (TPSA) is 82.5 Å². The van der Waals surface area contributed by atoms with Crippen molar-refractivity contribution in [2.24, 2.45) is 0 Å². The fourth-order valence-corrected chi connectivity index (χ4v) is 3.78. The van der Waals surface area contributed by atoms with Gasteiger partial charge in [-0.1, -0.05) is 29.4 Å². The molecule has 0 aliphatic heterocycles. The van der Waals surface area contributed by atoms with E-state index in [0.717, 1.165) is 27.4 Å². The zero-order valence-corrected chi connectivity index (χ0v) is 16.0. The molecule has 0 spiro atoms. The van der Waals surface area contributed by atoms with Gasteiger partial charge in [0, 0.05) is 5.02 Å². The van der Waals surface area contributed by atoms with Crippen LogP contribution >= 0.6 is 34.7 Å². The highest BCUT2D eigenvalue weighted by Gasteiger charge is 2.35. The molecule has 0 saturated carbocycles. The van der Waals surface area contributed by atoms with Gasteiger partial charge in [-0.25, -0.2) is 0 Å². The van der Waals surface area contributed by atoms with Crippen molar-refractivity contribution in [2.75, 3.05) is 0 Å². The van der Waals surface area contributed by atoms with Crippen LogP contribution in [0.2, 0.25) is 5.02 Å². The summed E-state index contributed by atoms with van der Waals surface area (Å²) in [5, 5.41) is 20.9. The normalized spacial score (nSPS) is 11.9. The third kappa shape index (κ3) is 3.88. The van der Waals surface area contributed by atoms with Crippen LogP contribution in [0.25, 0.3) is 16.5 Å². The third-order valence-corrected chi connectivity index (χ3v) is 5.40. The minimum absolute atomic E-state index is 0.0351. The number of alkyl halides is 3. The molecule has 1 aromatic carbocycles. The van der Waals surface area contributed by atoms with Gasteiger partial charge in [0.05, 0.1) is 21.9 Å². The molecule has 0 aliphatic rings. The highest BCUT2D eigenvalue weighted by Crippen LogP contribution is 2.36. The molecule has 0 bridgehead atoms. The summed E-state index contributed by atoms with van der Waals surface area (Å²) in [6.45, 7) is 0. The Balaban J connectivity index is 1.58. The predicted molar refractivity (Wildman–Crippen MR) is 96.3 cm³/mol. The molecule has 7 nitrogen and oxygen atoms in total. The van der Waals surface area contributed by atoms with Gasteiger partial charge in [0.1, 0.15) is 0 Å². The Labute approximate surface area is 168 Å². The number of thiophene rings is 1. The van der Waals surface area contributed by atoms with Crippen LogP contribution < -0.4 is 0 Å². The summed E-state index contributed by atoms with van der Waals surface area (Å²) in [5.41, 5.74) is -1.15. The van der Waals surface area contributed by atoms with Gasteiger partial charge < -0.3 is 4.42 Å². The van der Waals surface area contributed by atoms with Gasteiger partial charge in [-0.3, -0.25) is 0 Å². The first-order chi connectivity index (χ1) is 13.4. The van der Waals surface area contributed by atoms with Crippen LogP contribution in [0.1, 0.15) is 11.4 Å². The number of thioether (sulfide) groups is 1. The first-order valence-corrected chi connectivity index (χ1v) is 9.80. The molecular weight excluding hydrogens is 437 g/mol. The zero-order valence-electron chi connectivity index (χ0n) is 13.6. The fourth-order valence-electron chi connectivity index (χ4n) is 2.30. The van der Waals surface area contributed by atoms with Crippen LogP contribution in [0.15, 0.2) is 45.4 Å². The smallest absolute Gasteiger partial charge is 0.410 e. The minimum Gasteiger partial charge on any atom is -0.410 e. The molecule has 28 heavy (non-hydrogen) atoms. The first kappa shape index (κ1) is 18.9. The van der Waals surface area contributed by atoms with Crippen LogP contribution in [0, 0.1) is 0 Å². The van der Waals surface area contributed by atoms with Crippen LogP contribution in [0.5, 0.6) is 0 Å². The summed E-state index contributed by atoms with van der Waals surface area (Å²) in [4.78, 5) is 0.820. The van der Waals surface area contributed by atoms with Gasteiger partial charge >= 0.3 is 6.18 Å². The number of rotatable bonds is 5. The Morgan fingerprint density at radius 3 is 2.79 bits per heavy atom. The summed E-state index contributed by atoms with van der Waals surface area (Å²) in [5.74, 6) is 0.682. The summed E-state index contributed by atoms with van der Waals surface area (Å²) >= 11 is 8.28. The molecule has 0 unspecified atom stereocenters. The lowest BCUT2D eigenvalue weighted by molar-refractivity contribution is -0.137. The molecule has 3 heterocycles. The maximum absolute atomic E-state index is 13.4. The lowest BCUT2D eigenvalue weighted by Gasteiger charge is -2.13. The Morgan fingerprint density at radius 2 is 2.04 bits per heavy atom. The number of tetrazole rings is 1. The second-order valence-corrected chi connectivity index (χ2v) is 7.62. The highest BCUT2D eigenvalue weighted by atomic mass is 35.5. The average Bonchev–Trinajstić information content (AvgIpc) is 3.39. The standard InChI is InChI=1S/C15H8ClF3N6OS2/c16-8-3-4-10(9(6-8)15(17,18)19)25-12(20-23-24-25)7-28-14-22-21-13(26-14)11-2-1-5-27-11/h1-6H,7H2. The minimum atomic E-state index is -4.61. The fraction of sp³-hybridized carbons (Fsp3) is 0.133. The molecule has 0 atom stereocenters. The van der Waals surface area contributed by atoms with Gasteiger partial charge in [0.25, 0.3) is 11.1 Å². The summed E-state index contributed by atoms with van der Waals surface area (Å²) < 4.78 is 46.6. The van der Waals surface area contributed by atoms with Crippen molar-refractivity contribution in [1.29, 1.82) is 0 Å². The maximum atomic E-state index is 13.4. The van der Waals surface area contributed by atoms with E-state index in [9.17, 15) is 13.2 Å². The van der Waals surface area contributed by atoms with Crippen LogP contribution in [0.3, 0.4) is 0 Å². The number of aromatic nitrogens is 6. The summed E-state index contributed by atoms with van der Waals surface area (Å²) in [7, 11) is 0. The quantitative estimate of drug-likeness (QED) is 0.411. The van der Waals surface area contributed by atoms with Crippen molar-refractivity contribution in [3.05, 3.63) is 52.1 Å². The Hall–Kier alpha value is -2.44. The van der Waals surface area contributed by atoms with Crippen LogP contribution in [-0.2, 0) is 11.9 Å². The Morgan fingerprint density at radius 1 is 1.18 bits per heavy atom. The molecule has 4 rings (SSSR count). The molecule has 0 aliphatic carbocycles. The van der Waals surface area contributed by atoms with Gasteiger partial charge in [-0.05, 0) is 40.1 Å². The van der Waals surface area contributed by atoms with E-state index in [2.05, 4.69) is 25.7 Å². The van der Waals surface area contributed by atoms with E-state index >= 15 is 0 Å². The molecule has 13 heteroatoms. The van der Waals surface area contributed by atoms with E-state index in [1.165, 1.54) is 23.5 Å². The Bertz CT molecular complexity index is 1100. The van der Waals surface area contributed by atoms with E-state index in [1.54, 1.807) is 0 Å². The highest BCUT2D eigenvalue weighted by molar-refractivity contribution is 7.98. The predicted octanol–water partition coefficient (Wildman–Crippen LogP) is 4.74. The third-order valence-electron chi connectivity index (χ3n) is 3.49. The van der Waals surface area contributed by atoms with E-state index < -0.39 is 11.7 Å². The van der Waals surface area contributed by atoms with Crippen LogP contribution in [0.4, 0.5) is 13.2 Å². The Kier molecular flexibility index (Phi) is 5.08. The largest absolute Gasteiger partial charge is 0.418 e. The second-order valence-electron chi connectivity index (χ2n) is 5.31. The number of benzene rings is 1. The second kappa shape index (κ2) is 7.53. The molecule has 0 saturated heterocycles. The van der Waals surface area contributed by atoms with Crippen LogP contribution in [-0.4, -0.2) is 30.4 Å². The van der Waals surface area contributed by atoms with Crippen molar-refractivity contribution < 1.29 is 17.6 Å². The number of hydrogen-bond acceptors (Lipinski definition) is 8. The molecular formula is C15H8ClF3N6OS2. The van der Waals surface area contributed by atoms with Crippen molar-refractivity contribution >= 4 is 34.7 Å². The molecule has 0 fully saturated rings. The summed E-state index contributed by atoms with van der Waals surface area (Å²) in [6, 6.07) is 7.09. The summed E-state index contributed by atoms with van der Waals surface area (Å²) in [6.07, 6.45) is -4.61. The van der Waals surface area contributed by atoms with E-state index in [4.69, 9.17) is 16.0 Å². The average molecular weight is 445 g/mol. The molecule has 4 aromatic rings. The molecule has 0 radical (unpaired) electrons. The van der Waals surface area contributed by atoms with Crippen molar-refractivity contribution in [3.8, 4) is 16.5 Å².